The number of esters is 1. The summed E-state index contributed by atoms with van der Waals surface area (Å²) in [5.74, 6) is -1.45. The predicted octanol–water partition coefficient (Wildman–Crippen LogP) is 2.36. The van der Waals surface area contributed by atoms with Gasteiger partial charge in [0.1, 0.15) is 15.9 Å². The largest absolute Gasteiger partial charge is 0.481 e. The molecule has 2 N–H and O–H groups in total. The first-order chi connectivity index (χ1) is 13.0. The van der Waals surface area contributed by atoms with E-state index < -0.39 is 23.1 Å². The Morgan fingerprint density at radius 1 is 1.26 bits per heavy atom. The van der Waals surface area contributed by atoms with Gasteiger partial charge in [-0.25, -0.2) is 4.79 Å². The second-order valence-electron chi connectivity index (χ2n) is 5.28. The zero-order valence-corrected chi connectivity index (χ0v) is 15.3. The maximum Gasteiger partial charge on any atom is 0.353 e. The maximum absolute atomic E-state index is 11.9. The quantitative estimate of drug-likeness (QED) is 0.331. The Kier molecular flexibility index (Phi) is 5.99. The van der Waals surface area contributed by atoms with Crippen molar-refractivity contribution < 1.29 is 24.2 Å². The fraction of sp³-hybridized carbons (Fsp3) is 0.118. The molecule has 138 valence electrons. The van der Waals surface area contributed by atoms with Crippen LogP contribution in [0.1, 0.15) is 21.7 Å². The number of carbonyl (C=O) groups is 3. The molecule has 2 heterocycles. The van der Waals surface area contributed by atoms with Gasteiger partial charge in [-0.05, 0) is 41.3 Å². The second kappa shape index (κ2) is 8.60. The molecule has 0 saturated carbocycles. The summed E-state index contributed by atoms with van der Waals surface area (Å²) in [5.41, 5.74) is 0.715. The summed E-state index contributed by atoms with van der Waals surface area (Å²) in [7, 11) is 0. The van der Waals surface area contributed by atoms with E-state index in [4.69, 9.17) is 9.84 Å². The lowest BCUT2D eigenvalue weighted by atomic mass is 10.2. The molecular weight excluding hydrogens is 390 g/mol. The van der Waals surface area contributed by atoms with Crippen LogP contribution in [0, 0.1) is 0 Å². The Bertz CT molecular complexity index is 907. The van der Waals surface area contributed by atoms with Crippen LogP contribution in [0.15, 0.2) is 52.0 Å². The van der Waals surface area contributed by atoms with Gasteiger partial charge < -0.3 is 15.2 Å². The Morgan fingerprint density at radius 3 is 2.70 bits per heavy atom. The van der Waals surface area contributed by atoms with Gasteiger partial charge in [0.25, 0.3) is 0 Å². The highest BCUT2D eigenvalue weighted by Crippen LogP contribution is 2.22. The second-order valence-corrected chi connectivity index (χ2v) is 7.42. The number of carbonyl (C=O) groups excluding carboxylic acids is 2. The summed E-state index contributed by atoms with van der Waals surface area (Å²) in [5, 5.41) is 20.3. The lowest BCUT2D eigenvalue weighted by Crippen LogP contribution is -2.26. The molecular formula is C17H13N3O5S2. The highest BCUT2D eigenvalue weighted by Gasteiger charge is 2.32. The number of ether oxygens (including phenoxy) is 1. The van der Waals surface area contributed by atoms with Crippen molar-refractivity contribution in [1.82, 2.24) is 5.32 Å². The molecule has 1 fully saturated rings. The van der Waals surface area contributed by atoms with Crippen LogP contribution in [0.3, 0.4) is 0 Å². The Balaban J connectivity index is 1.56. The van der Waals surface area contributed by atoms with Crippen LogP contribution in [0.2, 0.25) is 0 Å². The third-order valence-electron chi connectivity index (χ3n) is 3.30. The molecule has 1 unspecified atom stereocenters. The lowest BCUT2D eigenvalue weighted by Gasteiger charge is -2.02. The number of thioether (sulfide) groups is 1. The SMILES string of the molecule is O=C(O)CC1SC(=NN=Cc2ccc(OC(=O)c3cccs3)cc2)NC1=O. The topological polar surface area (TPSA) is 117 Å². The van der Waals surface area contributed by atoms with E-state index in [0.29, 0.717) is 16.2 Å². The van der Waals surface area contributed by atoms with Crippen LogP contribution < -0.4 is 10.1 Å². The van der Waals surface area contributed by atoms with Crippen molar-refractivity contribution in [3.8, 4) is 5.75 Å². The molecule has 27 heavy (non-hydrogen) atoms. The van der Waals surface area contributed by atoms with E-state index in [2.05, 4.69) is 15.5 Å². The number of amidine groups is 1. The summed E-state index contributed by atoms with van der Waals surface area (Å²) in [4.78, 5) is 34.7. The number of hydrogen-bond acceptors (Lipinski definition) is 8. The summed E-state index contributed by atoms with van der Waals surface area (Å²) < 4.78 is 5.26. The number of amides is 1. The Morgan fingerprint density at radius 2 is 2.04 bits per heavy atom. The van der Waals surface area contributed by atoms with Crippen LogP contribution in [-0.2, 0) is 9.59 Å². The fourth-order valence-electron chi connectivity index (χ4n) is 2.07. The molecule has 0 aliphatic carbocycles. The average molecular weight is 403 g/mol. The Labute approximate surface area is 162 Å². The van der Waals surface area contributed by atoms with Crippen LogP contribution in [0.25, 0.3) is 0 Å². The zero-order chi connectivity index (χ0) is 19.2. The number of aliphatic carboxylic acids is 1. The molecule has 1 amide bonds. The third kappa shape index (κ3) is 5.25. The van der Waals surface area contributed by atoms with Crippen molar-refractivity contribution in [2.24, 2.45) is 10.2 Å². The van der Waals surface area contributed by atoms with Crippen molar-refractivity contribution >= 4 is 52.3 Å². The van der Waals surface area contributed by atoms with E-state index in [-0.39, 0.29) is 11.6 Å². The number of nitrogens with zero attached hydrogens (tertiary/aromatic N) is 2. The minimum atomic E-state index is -1.05. The van der Waals surface area contributed by atoms with E-state index in [1.54, 1.807) is 41.8 Å². The lowest BCUT2D eigenvalue weighted by molar-refractivity contribution is -0.138. The van der Waals surface area contributed by atoms with Crippen molar-refractivity contribution in [2.75, 3.05) is 0 Å². The number of hydrogen-bond donors (Lipinski definition) is 2. The number of carboxylic acid groups (broad SMARTS) is 1. The summed E-state index contributed by atoms with van der Waals surface area (Å²) in [6, 6.07) is 10.1. The normalized spacial score (nSPS) is 18.0. The monoisotopic (exact) mass is 403 g/mol. The molecule has 0 bridgehead atoms. The van der Waals surface area contributed by atoms with E-state index >= 15 is 0 Å². The molecule has 2 aromatic rings. The van der Waals surface area contributed by atoms with Crippen LogP contribution in [-0.4, -0.2) is 39.6 Å². The molecule has 1 aliphatic heterocycles. The van der Waals surface area contributed by atoms with Crippen LogP contribution >= 0.6 is 23.1 Å². The van der Waals surface area contributed by atoms with Crippen molar-refractivity contribution in [3.05, 3.63) is 52.2 Å². The van der Waals surface area contributed by atoms with Gasteiger partial charge in [0.2, 0.25) is 5.91 Å². The minimum absolute atomic E-state index is 0.254. The third-order valence-corrected chi connectivity index (χ3v) is 5.23. The first-order valence-electron chi connectivity index (χ1n) is 7.67. The van der Waals surface area contributed by atoms with E-state index in [1.807, 2.05) is 0 Å². The van der Waals surface area contributed by atoms with Crippen molar-refractivity contribution in [1.29, 1.82) is 0 Å². The van der Waals surface area contributed by atoms with Gasteiger partial charge in [-0.2, -0.15) is 5.10 Å². The van der Waals surface area contributed by atoms with Gasteiger partial charge in [-0.1, -0.05) is 17.8 Å². The molecule has 0 spiro atoms. The zero-order valence-electron chi connectivity index (χ0n) is 13.7. The van der Waals surface area contributed by atoms with E-state index in [1.165, 1.54) is 17.6 Å². The number of carboxylic acids is 1. The highest BCUT2D eigenvalue weighted by atomic mass is 32.2. The molecule has 1 aromatic carbocycles. The van der Waals surface area contributed by atoms with Crippen LogP contribution in [0.4, 0.5) is 0 Å². The Hall–Kier alpha value is -2.98. The number of nitrogens with one attached hydrogen (secondary N) is 1. The standard InChI is InChI=1S/C17H13N3O5S2/c21-14(22)8-13-15(23)19-17(27-13)20-18-9-10-3-5-11(6-4-10)25-16(24)12-2-1-7-26-12/h1-7,9,13H,8H2,(H,21,22)(H,19,20,23). The van der Waals surface area contributed by atoms with E-state index in [9.17, 15) is 14.4 Å². The van der Waals surface area contributed by atoms with Crippen molar-refractivity contribution in [3.63, 3.8) is 0 Å². The molecule has 3 rings (SSSR count). The fourth-order valence-corrected chi connectivity index (χ4v) is 3.58. The van der Waals surface area contributed by atoms with Gasteiger partial charge >= 0.3 is 11.9 Å². The van der Waals surface area contributed by atoms with E-state index in [0.717, 1.165) is 11.8 Å². The first kappa shape index (κ1) is 18.8. The van der Waals surface area contributed by atoms with Gasteiger partial charge in [-0.3, -0.25) is 9.59 Å². The van der Waals surface area contributed by atoms with Gasteiger partial charge in [0.05, 0.1) is 12.6 Å². The highest BCUT2D eigenvalue weighted by molar-refractivity contribution is 8.15. The summed E-state index contributed by atoms with van der Waals surface area (Å²) >= 11 is 2.33. The van der Waals surface area contributed by atoms with Gasteiger partial charge in [0, 0.05) is 0 Å². The van der Waals surface area contributed by atoms with Gasteiger partial charge in [-0.15, -0.1) is 16.4 Å². The molecule has 1 saturated heterocycles. The summed E-state index contributed by atoms with van der Waals surface area (Å²) in [6.45, 7) is 0. The summed E-state index contributed by atoms with van der Waals surface area (Å²) in [6.07, 6.45) is 1.19. The average Bonchev–Trinajstić information content (AvgIpc) is 3.27. The smallest absolute Gasteiger partial charge is 0.353 e. The predicted molar refractivity (Wildman–Crippen MR) is 103 cm³/mol. The first-order valence-corrected chi connectivity index (χ1v) is 9.43. The number of rotatable bonds is 6. The maximum atomic E-state index is 11.9. The minimum Gasteiger partial charge on any atom is -0.481 e. The number of thiophene rings is 1. The molecule has 1 atom stereocenters. The molecule has 0 radical (unpaired) electrons. The number of benzene rings is 1. The molecule has 1 aliphatic rings. The molecule has 8 nitrogen and oxygen atoms in total. The van der Waals surface area contributed by atoms with Crippen molar-refractivity contribution in [2.45, 2.75) is 11.7 Å². The van der Waals surface area contributed by atoms with Gasteiger partial charge in [0.15, 0.2) is 5.17 Å². The molecule has 1 aromatic heterocycles. The molecule has 10 heteroatoms. The van der Waals surface area contributed by atoms with Crippen LogP contribution in [0.5, 0.6) is 5.75 Å².